The summed E-state index contributed by atoms with van der Waals surface area (Å²) < 4.78 is 0. The molecule has 1 aliphatic rings. The third-order valence-corrected chi connectivity index (χ3v) is 4.19. The molecule has 2 atom stereocenters. The van der Waals surface area contributed by atoms with E-state index in [4.69, 9.17) is 5.26 Å². The highest BCUT2D eigenvalue weighted by molar-refractivity contribution is 5.81. The summed E-state index contributed by atoms with van der Waals surface area (Å²) >= 11 is 0. The zero-order chi connectivity index (χ0) is 15.9. The molecule has 0 radical (unpaired) electrons. The molecule has 1 amide bonds. The monoisotopic (exact) mass is 301 g/mol. The number of carbonyl (C=O) groups excluding carboxylic acids is 1. The summed E-state index contributed by atoms with van der Waals surface area (Å²) in [6, 6.07) is 9.03. The predicted octanol–water partition coefficient (Wildman–Crippen LogP) is 2.12. The Hall–Kier alpha value is -2.06. The van der Waals surface area contributed by atoms with Crippen LogP contribution in [0.3, 0.4) is 0 Å². The van der Waals surface area contributed by atoms with Crippen LogP contribution in [-0.2, 0) is 4.79 Å². The maximum atomic E-state index is 12.4. The highest BCUT2D eigenvalue weighted by Crippen LogP contribution is 2.21. The Morgan fingerprint density at radius 2 is 2.18 bits per heavy atom. The molecule has 0 spiro atoms. The molecule has 1 aromatic rings. The maximum absolute atomic E-state index is 12.4. The molecule has 22 heavy (non-hydrogen) atoms. The minimum absolute atomic E-state index is 0.0153. The third kappa shape index (κ3) is 3.99. The minimum Gasteiger partial charge on any atom is -0.391 e. The average Bonchev–Trinajstić information content (AvgIpc) is 2.59. The van der Waals surface area contributed by atoms with E-state index in [1.165, 1.54) is 0 Å². The Bertz CT molecular complexity index is 536. The van der Waals surface area contributed by atoms with Crippen LogP contribution in [0.4, 0.5) is 5.69 Å². The second-order valence-electron chi connectivity index (χ2n) is 5.67. The van der Waals surface area contributed by atoms with Crippen LogP contribution < -0.4 is 5.32 Å². The molecule has 2 unspecified atom stereocenters. The van der Waals surface area contributed by atoms with Gasteiger partial charge in [0.25, 0.3) is 0 Å². The molecule has 0 bridgehead atoms. The summed E-state index contributed by atoms with van der Waals surface area (Å²) in [5, 5.41) is 22.0. The zero-order valence-corrected chi connectivity index (χ0v) is 13.0. The van der Waals surface area contributed by atoms with E-state index in [1.807, 2.05) is 11.8 Å². The Morgan fingerprint density at radius 1 is 1.45 bits per heavy atom. The number of anilines is 1. The summed E-state index contributed by atoms with van der Waals surface area (Å²) in [6.07, 6.45) is 3.15. The molecule has 118 valence electrons. The molecule has 1 heterocycles. The van der Waals surface area contributed by atoms with Crippen molar-refractivity contribution in [3.8, 4) is 6.07 Å². The molecule has 5 nitrogen and oxygen atoms in total. The Kier molecular flexibility index (Phi) is 5.79. The molecule has 0 aliphatic carbocycles. The lowest BCUT2D eigenvalue weighted by molar-refractivity contribution is -0.136. The fourth-order valence-corrected chi connectivity index (χ4v) is 2.88. The van der Waals surface area contributed by atoms with Crippen LogP contribution in [0.25, 0.3) is 0 Å². The van der Waals surface area contributed by atoms with Crippen molar-refractivity contribution >= 4 is 11.6 Å². The van der Waals surface area contributed by atoms with E-state index in [1.54, 1.807) is 24.3 Å². The SMILES string of the molecule is CCC(O)C1CCCCN1C(=O)CNc1ccc(C#N)cc1. The van der Waals surface area contributed by atoms with Gasteiger partial charge in [0, 0.05) is 12.2 Å². The topological polar surface area (TPSA) is 76.4 Å². The number of piperidine rings is 1. The van der Waals surface area contributed by atoms with Crippen LogP contribution in [0.15, 0.2) is 24.3 Å². The van der Waals surface area contributed by atoms with Gasteiger partial charge in [-0.15, -0.1) is 0 Å². The number of aliphatic hydroxyl groups is 1. The van der Waals surface area contributed by atoms with Gasteiger partial charge in [0.1, 0.15) is 0 Å². The number of nitrogens with zero attached hydrogens (tertiary/aromatic N) is 2. The summed E-state index contributed by atoms with van der Waals surface area (Å²) in [6.45, 7) is 2.87. The Morgan fingerprint density at radius 3 is 2.82 bits per heavy atom. The van der Waals surface area contributed by atoms with Gasteiger partial charge in [-0.1, -0.05) is 6.92 Å². The molecule has 1 fully saturated rings. The first-order valence-corrected chi connectivity index (χ1v) is 7.87. The first kappa shape index (κ1) is 16.3. The largest absolute Gasteiger partial charge is 0.391 e. The van der Waals surface area contributed by atoms with Crippen LogP contribution in [0.2, 0.25) is 0 Å². The number of likely N-dealkylation sites (tertiary alicyclic amines) is 1. The van der Waals surface area contributed by atoms with Crippen molar-refractivity contribution in [1.29, 1.82) is 5.26 Å². The maximum Gasteiger partial charge on any atom is 0.242 e. The lowest BCUT2D eigenvalue weighted by Gasteiger charge is -2.38. The molecule has 2 rings (SSSR count). The summed E-state index contributed by atoms with van der Waals surface area (Å²) in [4.78, 5) is 14.2. The Balaban J connectivity index is 1.93. The van der Waals surface area contributed by atoms with Crippen LogP contribution >= 0.6 is 0 Å². The lowest BCUT2D eigenvalue weighted by Crippen LogP contribution is -2.51. The van der Waals surface area contributed by atoms with Crippen molar-refractivity contribution in [2.75, 3.05) is 18.4 Å². The molecule has 1 aliphatic heterocycles. The third-order valence-electron chi connectivity index (χ3n) is 4.19. The van der Waals surface area contributed by atoms with Crippen molar-refractivity contribution in [2.24, 2.45) is 0 Å². The van der Waals surface area contributed by atoms with Gasteiger partial charge in [0.05, 0.1) is 30.3 Å². The van der Waals surface area contributed by atoms with Crippen molar-refractivity contribution in [3.63, 3.8) is 0 Å². The minimum atomic E-state index is -0.445. The number of carbonyl (C=O) groups is 1. The van der Waals surface area contributed by atoms with E-state index < -0.39 is 6.10 Å². The van der Waals surface area contributed by atoms with E-state index >= 15 is 0 Å². The smallest absolute Gasteiger partial charge is 0.242 e. The van der Waals surface area contributed by atoms with Gasteiger partial charge >= 0.3 is 0 Å². The molecular formula is C17H23N3O2. The number of hydrogen-bond donors (Lipinski definition) is 2. The zero-order valence-electron chi connectivity index (χ0n) is 13.0. The van der Waals surface area contributed by atoms with Crippen molar-refractivity contribution < 1.29 is 9.90 Å². The van der Waals surface area contributed by atoms with Crippen LogP contribution in [0, 0.1) is 11.3 Å². The molecule has 1 aromatic carbocycles. The van der Waals surface area contributed by atoms with E-state index in [9.17, 15) is 9.90 Å². The van der Waals surface area contributed by atoms with Gasteiger partial charge in [-0.3, -0.25) is 4.79 Å². The summed E-state index contributed by atoms with van der Waals surface area (Å²) in [5.74, 6) is 0.0153. The molecule has 1 saturated heterocycles. The number of benzene rings is 1. The van der Waals surface area contributed by atoms with E-state index in [0.29, 0.717) is 12.0 Å². The van der Waals surface area contributed by atoms with Crippen LogP contribution in [0.5, 0.6) is 0 Å². The summed E-state index contributed by atoms with van der Waals surface area (Å²) in [5.41, 5.74) is 1.41. The molecule has 5 heteroatoms. The fraction of sp³-hybridized carbons (Fsp3) is 0.529. The normalized spacial score (nSPS) is 19.3. The van der Waals surface area contributed by atoms with Crippen molar-refractivity contribution in [2.45, 2.75) is 44.8 Å². The summed E-state index contributed by atoms with van der Waals surface area (Å²) in [7, 11) is 0. The first-order chi connectivity index (χ1) is 10.7. The number of nitrogens with one attached hydrogen (secondary N) is 1. The first-order valence-electron chi connectivity index (χ1n) is 7.87. The van der Waals surface area contributed by atoms with Gasteiger partial charge in [0.2, 0.25) is 5.91 Å². The number of hydrogen-bond acceptors (Lipinski definition) is 4. The predicted molar refractivity (Wildman–Crippen MR) is 85.3 cm³/mol. The molecule has 2 N–H and O–H groups in total. The second kappa shape index (κ2) is 7.81. The van der Waals surface area contributed by atoms with Crippen molar-refractivity contribution in [3.05, 3.63) is 29.8 Å². The van der Waals surface area contributed by atoms with Crippen LogP contribution in [0.1, 0.15) is 38.2 Å². The molecule has 0 saturated carbocycles. The van der Waals surface area contributed by atoms with E-state index in [0.717, 1.165) is 31.5 Å². The van der Waals surface area contributed by atoms with Crippen LogP contribution in [-0.4, -0.2) is 41.1 Å². The number of rotatable bonds is 5. The van der Waals surface area contributed by atoms with Gasteiger partial charge in [0.15, 0.2) is 0 Å². The fourth-order valence-electron chi connectivity index (χ4n) is 2.88. The molecular weight excluding hydrogens is 278 g/mol. The Labute approximate surface area is 131 Å². The molecule has 0 aromatic heterocycles. The van der Waals surface area contributed by atoms with E-state index in [2.05, 4.69) is 11.4 Å². The average molecular weight is 301 g/mol. The number of amides is 1. The number of aliphatic hydroxyl groups excluding tert-OH is 1. The van der Waals surface area contributed by atoms with Gasteiger partial charge in [-0.2, -0.15) is 5.26 Å². The lowest BCUT2D eigenvalue weighted by atomic mass is 9.96. The van der Waals surface area contributed by atoms with E-state index in [-0.39, 0.29) is 18.5 Å². The van der Waals surface area contributed by atoms with Gasteiger partial charge < -0.3 is 15.3 Å². The quantitative estimate of drug-likeness (QED) is 0.873. The van der Waals surface area contributed by atoms with Crippen molar-refractivity contribution in [1.82, 2.24) is 4.90 Å². The van der Waals surface area contributed by atoms with Gasteiger partial charge in [-0.25, -0.2) is 0 Å². The highest BCUT2D eigenvalue weighted by atomic mass is 16.3. The van der Waals surface area contributed by atoms with Gasteiger partial charge in [-0.05, 0) is 49.9 Å². The highest BCUT2D eigenvalue weighted by Gasteiger charge is 2.30. The second-order valence-corrected chi connectivity index (χ2v) is 5.67. The standard InChI is InChI=1S/C17H23N3O2/c1-2-16(21)15-5-3-4-10-20(15)17(22)12-19-14-8-6-13(11-18)7-9-14/h6-9,15-16,19,21H,2-5,10,12H2,1H3. The number of nitriles is 1.